The molecule has 2 aliphatic heterocycles. The number of benzene rings is 1. The first kappa shape index (κ1) is 16.9. The van der Waals surface area contributed by atoms with Gasteiger partial charge in [0.2, 0.25) is 0 Å². The van der Waals surface area contributed by atoms with Crippen LogP contribution in [-0.2, 0) is 5.41 Å². The molecule has 3 aromatic rings. The van der Waals surface area contributed by atoms with Crippen molar-refractivity contribution in [1.82, 2.24) is 15.0 Å². The van der Waals surface area contributed by atoms with E-state index < -0.39 is 0 Å². The molecule has 0 N–H and O–H groups in total. The van der Waals surface area contributed by atoms with Gasteiger partial charge in [-0.3, -0.25) is 9.88 Å². The highest BCUT2D eigenvalue weighted by atomic mass is 15.5. The van der Waals surface area contributed by atoms with E-state index >= 15 is 0 Å². The van der Waals surface area contributed by atoms with Gasteiger partial charge in [0.1, 0.15) is 6.17 Å². The summed E-state index contributed by atoms with van der Waals surface area (Å²) in [6.45, 7) is 11.1. The standard InChI is InChI=1S/C23H23N5/c1-5-23(4)17-10-6-7-11-18(17)28-20-19(25-13-14-26-20)27(21(28)22(23,2)3)16-9-8-12-24-15-16/h5-15,21H,1H2,2-4H3. The first-order chi connectivity index (χ1) is 13.5. The maximum Gasteiger partial charge on any atom is 0.178 e. The van der Waals surface area contributed by atoms with Crippen molar-refractivity contribution in [3.05, 3.63) is 79.4 Å². The Kier molecular flexibility index (Phi) is 3.41. The van der Waals surface area contributed by atoms with Crippen molar-refractivity contribution < 1.29 is 0 Å². The van der Waals surface area contributed by atoms with E-state index in [4.69, 9.17) is 9.97 Å². The highest BCUT2D eigenvalue weighted by molar-refractivity contribution is 5.86. The molecule has 0 fully saturated rings. The van der Waals surface area contributed by atoms with Gasteiger partial charge in [-0.15, -0.1) is 6.58 Å². The van der Waals surface area contributed by atoms with E-state index in [2.05, 4.69) is 78.5 Å². The zero-order chi connectivity index (χ0) is 19.5. The molecule has 0 aliphatic carbocycles. The highest BCUT2D eigenvalue weighted by Crippen LogP contribution is 2.61. The predicted octanol–water partition coefficient (Wildman–Crippen LogP) is 4.97. The normalized spacial score (nSPS) is 24.3. The number of hydrogen-bond acceptors (Lipinski definition) is 5. The van der Waals surface area contributed by atoms with Crippen molar-refractivity contribution >= 4 is 23.0 Å². The number of para-hydroxylation sites is 1. The summed E-state index contributed by atoms with van der Waals surface area (Å²) in [5.74, 6) is 1.74. The van der Waals surface area contributed by atoms with Crippen molar-refractivity contribution in [2.75, 3.05) is 9.80 Å². The van der Waals surface area contributed by atoms with Crippen LogP contribution in [0.15, 0.2) is 73.8 Å². The average molecular weight is 369 g/mol. The Balaban J connectivity index is 1.86. The Hall–Kier alpha value is -3.21. The first-order valence-electron chi connectivity index (χ1n) is 9.53. The van der Waals surface area contributed by atoms with Gasteiger partial charge in [0.25, 0.3) is 0 Å². The molecule has 28 heavy (non-hydrogen) atoms. The zero-order valence-corrected chi connectivity index (χ0v) is 16.4. The summed E-state index contributed by atoms with van der Waals surface area (Å²) in [7, 11) is 0. The summed E-state index contributed by atoms with van der Waals surface area (Å²) in [6, 6.07) is 12.6. The van der Waals surface area contributed by atoms with Crippen LogP contribution in [-0.4, -0.2) is 21.1 Å². The maximum atomic E-state index is 4.73. The van der Waals surface area contributed by atoms with Crippen molar-refractivity contribution in [3.63, 3.8) is 0 Å². The van der Waals surface area contributed by atoms with Crippen LogP contribution in [0.25, 0.3) is 0 Å². The molecule has 2 aromatic heterocycles. The molecule has 0 spiro atoms. The number of anilines is 4. The summed E-state index contributed by atoms with van der Waals surface area (Å²) in [4.78, 5) is 18.4. The van der Waals surface area contributed by atoms with Gasteiger partial charge in [0.05, 0.1) is 11.9 Å². The van der Waals surface area contributed by atoms with Gasteiger partial charge >= 0.3 is 0 Å². The van der Waals surface area contributed by atoms with Crippen LogP contribution in [0.4, 0.5) is 23.0 Å². The lowest BCUT2D eigenvalue weighted by Crippen LogP contribution is -2.60. The molecule has 1 aromatic carbocycles. The Morgan fingerprint density at radius 1 is 0.929 bits per heavy atom. The molecule has 5 rings (SSSR count). The van der Waals surface area contributed by atoms with Gasteiger partial charge in [-0.1, -0.05) is 45.0 Å². The van der Waals surface area contributed by atoms with E-state index in [1.165, 1.54) is 5.56 Å². The summed E-state index contributed by atoms with van der Waals surface area (Å²) in [5, 5.41) is 0. The third kappa shape index (κ3) is 1.93. The minimum atomic E-state index is -0.229. The molecule has 2 atom stereocenters. The van der Waals surface area contributed by atoms with Crippen LogP contribution in [0.3, 0.4) is 0 Å². The summed E-state index contributed by atoms with van der Waals surface area (Å²) >= 11 is 0. The molecule has 5 heteroatoms. The van der Waals surface area contributed by atoms with Crippen LogP contribution in [0.5, 0.6) is 0 Å². The van der Waals surface area contributed by atoms with Crippen LogP contribution < -0.4 is 9.80 Å². The molecular formula is C23H23N5. The van der Waals surface area contributed by atoms with Gasteiger partial charge < -0.3 is 4.90 Å². The third-order valence-electron chi connectivity index (χ3n) is 6.65. The minimum Gasteiger partial charge on any atom is -0.301 e. The largest absolute Gasteiger partial charge is 0.301 e. The fraction of sp³-hybridized carbons (Fsp3) is 0.261. The predicted molar refractivity (Wildman–Crippen MR) is 112 cm³/mol. The van der Waals surface area contributed by atoms with Crippen molar-refractivity contribution in [1.29, 1.82) is 0 Å². The summed E-state index contributed by atoms with van der Waals surface area (Å²) < 4.78 is 0. The minimum absolute atomic E-state index is 0.00741. The zero-order valence-electron chi connectivity index (χ0n) is 16.4. The smallest absolute Gasteiger partial charge is 0.178 e. The second-order valence-corrected chi connectivity index (χ2v) is 8.17. The number of allylic oxidation sites excluding steroid dienone is 1. The number of hydrogen-bond donors (Lipinski definition) is 0. The quantitative estimate of drug-likeness (QED) is 0.597. The van der Waals surface area contributed by atoms with E-state index in [-0.39, 0.29) is 17.0 Å². The lowest BCUT2D eigenvalue weighted by Gasteiger charge is -2.56. The average Bonchev–Trinajstić information content (AvgIpc) is 3.09. The van der Waals surface area contributed by atoms with Gasteiger partial charge in [-0.2, -0.15) is 0 Å². The van der Waals surface area contributed by atoms with Crippen molar-refractivity contribution in [2.24, 2.45) is 5.41 Å². The molecule has 5 nitrogen and oxygen atoms in total. The number of pyridine rings is 1. The highest BCUT2D eigenvalue weighted by Gasteiger charge is 2.59. The van der Waals surface area contributed by atoms with Gasteiger partial charge in [-0.25, -0.2) is 9.97 Å². The first-order valence-corrected chi connectivity index (χ1v) is 9.53. The molecule has 0 saturated carbocycles. The van der Waals surface area contributed by atoms with Crippen LogP contribution in [0.2, 0.25) is 0 Å². The monoisotopic (exact) mass is 369 g/mol. The SMILES string of the molecule is C=CC1(C)c2ccccc2N2c3nccnc3N(c3cccnc3)C2C1(C)C. The molecule has 2 unspecified atom stereocenters. The van der Waals surface area contributed by atoms with E-state index in [0.29, 0.717) is 0 Å². The van der Waals surface area contributed by atoms with E-state index in [0.717, 1.165) is 23.0 Å². The number of fused-ring (bicyclic) bond motifs is 5. The fourth-order valence-electron chi connectivity index (χ4n) is 4.77. The lowest BCUT2D eigenvalue weighted by molar-refractivity contribution is 0.170. The molecular weight excluding hydrogens is 346 g/mol. The molecule has 0 amide bonds. The van der Waals surface area contributed by atoms with Gasteiger partial charge in [0.15, 0.2) is 11.6 Å². The van der Waals surface area contributed by atoms with E-state index in [1.54, 1.807) is 18.6 Å². The molecule has 0 bridgehead atoms. The van der Waals surface area contributed by atoms with E-state index in [9.17, 15) is 0 Å². The number of nitrogens with zero attached hydrogens (tertiary/aromatic N) is 5. The Bertz CT molecular complexity index is 1060. The number of rotatable bonds is 2. The number of aromatic nitrogens is 3. The second-order valence-electron chi connectivity index (χ2n) is 8.17. The topological polar surface area (TPSA) is 45.2 Å². The molecule has 2 aliphatic rings. The molecule has 4 heterocycles. The maximum absolute atomic E-state index is 4.73. The summed E-state index contributed by atoms with van der Waals surface area (Å²) in [5.41, 5.74) is 3.00. The van der Waals surface area contributed by atoms with Crippen LogP contribution in [0, 0.1) is 5.41 Å². The fourth-order valence-corrected chi connectivity index (χ4v) is 4.77. The Labute approximate surface area is 165 Å². The summed E-state index contributed by atoms with van der Waals surface area (Å²) in [6.07, 6.45) is 9.29. The van der Waals surface area contributed by atoms with Crippen molar-refractivity contribution in [3.8, 4) is 0 Å². The van der Waals surface area contributed by atoms with Crippen LogP contribution in [0.1, 0.15) is 26.3 Å². The second kappa shape index (κ2) is 5.64. The van der Waals surface area contributed by atoms with Crippen molar-refractivity contribution in [2.45, 2.75) is 32.4 Å². The molecule has 140 valence electrons. The third-order valence-corrected chi connectivity index (χ3v) is 6.65. The van der Waals surface area contributed by atoms with Crippen LogP contribution >= 0.6 is 0 Å². The Morgan fingerprint density at radius 3 is 2.32 bits per heavy atom. The Morgan fingerprint density at radius 2 is 1.64 bits per heavy atom. The van der Waals surface area contributed by atoms with Gasteiger partial charge in [0, 0.05) is 35.1 Å². The van der Waals surface area contributed by atoms with E-state index in [1.807, 2.05) is 12.3 Å². The lowest BCUT2D eigenvalue weighted by atomic mass is 9.58. The van der Waals surface area contributed by atoms with Gasteiger partial charge in [-0.05, 0) is 23.8 Å². The molecule has 0 radical (unpaired) electrons. The molecule has 0 saturated heterocycles.